The summed E-state index contributed by atoms with van der Waals surface area (Å²) in [7, 11) is 0. The van der Waals surface area contributed by atoms with Crippen molar-refractivity contribution < 1.29 is 9.90 Å². The maximum atomic E-state index is 10.6. The standard InChI is InChI=1S/C12H14N4O2/c1-8-11(3-4-12(17)18)9(2)16(15-8)10-5-13-7-14-6-10/h5-7H,3-4H2,1-2H3,(H,17,18). The quantitative estimate of drug-likeness (QED) is 0.879. The molecule has 0 atom stereocenters. The van der Waals surface area contributed by atoms with E-state index in [4.69, 9.17) is 5.11 Å². The summed E-state index contributed by atoms with van der Waals surface area (Å²) in [6, 6.07) is 0. The summed E-state index contributed by atoms with van der Waals surface area (Å²) in [5, 5.41) is 13.1. The molecule has 0 spiro atoms. The highest BCUT2D eigenvalue weighted by atomic mass is 16.4. The molecule has 0 bridgehead atoms. The van der Waals surface area contributed by atoms with Gasteiger partial charge in [0.05, 0.1) is 18.1 Å². The first kappa shape index (κ1) is 12.2. The predicted molar refractivity (Wildman–Crippen MR) is 64.6 cm³/mol. The van der Waals surface area contributed by atoms with Gasteiger partial charge in [0, 0.05) is 12.1 Å². The highest BCUT2D eigenvalue weighted by Gasteiger charge is 2.13. The number of carboxylic acid groups (broad SMARTS) is 1. The van der Waals surface area contributed by atoms with Crippen LogP contribution in [0.25, 0.3) is 5.69 Å². The van der Waals surface area contributed by atoms with Crippen LogP contribution in [0.15, 0.2) is 18.7 Å². The molecule has 0 fully saturated rings. The van der Waals surface area contributed by atoms with Gasteiger partial charge in [0.15, 0.2) is 0 Å². The molecular weight excluding hydrogens is 232 g/mol. The van der Waals surface area contributed by atoms with Gasteiger partial charge in [0.2, 0.25) is 0 Å². The van der Waals surface area contributed by atoms with Crippen molar-refractivity contribution in [3.8, 4) is 5.69 Å². The topological polar surface area (TPSA) is 80.9 Å². The molecular formula is C12H14N4O2. The van der Waals surface area contributed by atoms with Crippen LogP contribution in [0.3, 0.4) is 0 Å². The Morgan fingerprint density at radius 3 is 2.61 bits per heavy atom. The van der Waals surface area contributed by atoms with Crippen molar-refractivity contribution in [1.29, 1.82) is 0 Å². The van der Waals surface area contributed by atoms with Crippen molar-refractivity contribution in [1.82, 2.24) is 19.7 Å². The zero-order valence-corrected chi connectivity index (χ0v) is 10.3. The molecule has 18 heavy (non-hydrogen) atoms. The minimum atomic E-state index is -0.801. The Kier molecular flexibility index (Phi) is 3.36. The van der Waals surface area contributed by atoms with Gasteiger partial charge < -0.3 is 5.11 Å². The highest BCUT2D eigenvalue weighted by Crippen LogP contribution is 2.18. The van der Waals surface area contributed by atoms with Crippen LogP contribution in [0.1, 0.15) is 23.4 Å². The molecule has 6 heteroatoms. The van der Waals surface area contributed by atoms with Gasteiger partial charge in [-0.05, 0) is 25.8 Å². The van der Waals surface area contributed by atoms with Gasteiger partial charge in [-0.1, -0.05) is 0 Å². The van der Waals surface area contributed by atoms with Gasteiger partial charge in [-0.3, -0.25) is 4.79 Å². The molecule has 0 saturated carbocycles. The maximum Gasteiger partial charge on any atom is 0.303 e. The van der Waals surface area contributed by atoms with Crippen LogP contribution in [0, 0.1) is 13.8 Å². The van der Waals surface area contributed by atoms with Crippen LogP contribution < -0.4 is 0 Å². The van der Waals surface area contributed by atoms with Crippen LogP contribution in [0.2, 0.25) is 0 Å². The maximum absolute atomic E-state index is 10.6. The van der Waals surface area contributed by atoms with Crippen molar-refractivity contribution in [3.05, 3.63) is 35.7 Å². The highest BCUT2D eigenvalue weighted by molar-refractivity contribution is 5.67. The number of aromatic nitrogens is 4. The van der Waals surface area contributed by atoms with Crippen LogP contribution in [-0.4, -0.2) is 30.8 Å². The van der Waals surface area contributed by atoms with E-state index in [9.17, 15) is 4.79 Å². The molecule has 1 N–H and O–H groups in total. The summed E-state index contributed by atoms with van der Waals surface area (Å²) in [6.07, 6.45) is 5.40. The van der Waals surface area contributed by atoms with Gasteiger partial charge in [-0.2, -0.15) is 5.10 Å². The smallest absolute Gasteiger partial charge is 0.303 e. The van der Waals surface area contributed by atoms with E-state index >= 15 is 0 Å². The Hall–Kier alpha value is -2.24. The Morgan fingerprint density at radius 1 is 1.33 bits per heavy atom. The molecule has 2 aromatic rings. The summed E-state index contributed by atoms with van der Waals surface area (Å²) >= 11 is 0. The van der Waals surface area contributed by atoms with Gasteiger partial charge >= 0.3 is 5.97 Å². The summed E-state index contributed by atoms with van der Waals surface area (Å²) < 4.78 is 1.74. The lowest BCUT2D eigenvalue weighted by atomic mass is 10.1. The molecule has 0 aliphatic carbocycles. The largest absolute Gasteiger partial charge is 0.481 e. The summed E-state index contributed by atoms with van der Waals surface area (Å²) in [5.74, 6) is -0.801. The van der Waals surface area contributed by atoms with E-state index in [1.165, 1.54) is 6.33 Å². The molecule has 0 amide bonds. The predicted octanol–water partition coefficient (Wildman–Crippen LogP) is 1.30. The van der Waals surface area contributed by atoms with E-state index in [0.29, 0.717) is 6.42 Å². The Balaban J connectivity index is 2.35. The molecule has 0 aliphatic heterocycles. The Morgan fingerprint density at radius 2 is 2.00 bits per heavy atom. The number of hydrogen-bond donors (Lipinski definition) is 1. The zero-order chi connectivity index (χ0) is 13.1. The number of carbonyl (C=O) groups is 1. The fourth-order valence-corrected chi connectivity index (χ4v) is 1.92. The van der Waals surface area contributed by atoms with Gasteiger partial charge in [-0.25, -0.2) is 14.6 Å². The molecule has 0 aromatic carbocycles. The van der Waals surface area contributed by atoms with Crippen LogP contribution in [0.4, 0.5) is 0 Å². The molecule has 2 rings (SSSR count). The lowest BCUT2D eigenvalue weighted by Gasteiger charge is -2.03. The van der Waals surface area contributed by atoms with Gasteiger partial charge in [0.25, 0.3) is 0 Å². The second-order valence-electron chi connectivity index (χ2n) is 4.05. The monoisotopic (exact) mass is 246 g/mol. The third-order valence-corrected chi connectivity index (χ3v) is 2.82. The number of rotatable bonds is 4. The van der Waals surface area contributed by atoms with E-state index in [1.807, 2.05) is 13.8 Å². The molecule has 6 nitrogen and oxygen atoms in total. The van der Waals surface area contributed by atoms with E-state index in [2.05, 4.69) is 15.1 Å². The molecule has 0 radical (unpaired) electrons. The average molecular weight is 246 g/mol. The summed E-state index contributed by atoms with van der Waals surface area (Å²) in [5.41, 5.74) is 3.53. The lowest BCUT2D eigenvalue weighted by molar-refractivity contribution is -0.136. The van der Waals surface area contributed by atoms with Crippen molar-refractivity contribution >= 4 is 5.97 Å². The van der Waals surface area contributed by atoms with E-state index in [-0.39, 0.29) is 6.42 Å². The SMILES string of the molecule is Cc1nn(-c2cncnc2)c(C)c1CCC(=O)O. The lowest BCUT2D eigenvalue weighted by Crippen LogP contribution is -2.02. The molecule has 0 saturated heterocycles. The van der Waals surface area contributed by atoms with E-state index < -0.39 is 5.97 Å². The second-order valence-corrected chi connectivity index (χ2v) is 4.05. The Labute approximate surface area is 104 Å². The molecule has 2 aromatic heterocycles. The van der Waals surface area contributed by atoms with Crippen molar-refractivity contribution in [2.75, 3.05) is 0 Å². The van der Waals surface area contributed by atoms with Crippen LogP contribution in [-0.2, 0) is 11.2 Å². The first-order valence-electron chi connectivity index (χ1n) is 5.62. The minimum absolute atomic E-state index is 0.110. The third kappa shape index (κ3) is 2.37. The normalized spacial score (nSPS) is 10.6. The van der Waals surface area contributed by atoms with Crippen LogP contribution in [0.5, 0.6) is 0 Å². The molecule has 2 heterocycles. The number of carboxylic acids is 1. The minimum Gasteiger partial charge on any atom is -0.481 e. The Bertz CT molecular complexity index is 563. The average Bonchev–Trinajstić information content (AvgIpc) is 2.63. The fourth-order valence-electron chi connectivity index (χ4n) is 1.92. The third-order valence-electron chi connectivity index (χ3n) is 2.82. The molecule has 94 valence electrons. The first-order valence-corrected chi connectivity index (χ1v) is 5.62. The number of nitrogens with zero attached hydrogens (tertiary/aromatic N) is 4. The fraction of sp³-hybridized carbons (Fsp3) is 0.333. The van der Waals surface area contributed by atoms with E-state index in [0.717, 1.165) is 22.6 Å². The van der Waals surface area contributed by atoms with Gasteiger partial charge in [-0.15, -0.1) is 0 Å². The zero-order valence-electron chi connectivity index (χ0n) is 10.3. The summed E-state index contributed by atoms with van der Waals surface area (Å²) in [6.45, 7) is 3.80. The number of hydrogen-bond acceptors (Lipinski definition) is 4. The second kappa shape index (κ2) is 4.95. The molecule has 0 aliphatic rings. The number of aliphatic carboxylic acids is 1. The number of aryl methyl sites for hydroxylation is 1. The van der Waals surface area contributed by atoms with Gasteiger partial charge in [0.1, 0.15) is 12.0 Å². The van der Waals surface area contributed by atoms with Crippen molar-refractivity contribution in [2.45, 2.75) is 26.7 Å². The first-order chi connectivity index (χ1) is 8.59. The van der Waals surface area contributed by atoms with Crippen molar-refractivity contribution in [2.24, 2.45) is 0 Å². The molecule has 0 unspecified atom stereocenters. The van der Waals surface area contributed by atoms with Crippen LogP contribution >= 0.6 is 0 Å². The van der Waals surface area contributed by atoms with E-state index in [1.54, 1.807) is 17.1 Å². The summed E-state index contributed by atoms with van der Waals surface area (Å²) in [4.78, 5) is 18.5. The van der Waals surface area contributed by atoms with Crippen molar-refractivity contribution in [3.63, 3.8) is 0 Å².